The number of esters is 1. The molecule has 21 heavy (non-hydrogen) atoms. The van der Waals surface area contributed by atoms with Gasteiger partial charge in [-0.1, -0.05) is 0 Å². The maximum Gasteiger partial charge on any atom is 0.340 e. The zero-order chi connectivity index (χ0) is 15.6. The normalized spacial score (nSPS) is 16.8. The lowest BCUT2D eigenvalue weighted by molar-refractivity contribution is -0.0367. The lowest BCUT2D eigenvalue weighted by Gasteiger charge is -2.36. The van der Waals surface area contributed by atoms with Crippen LogP contribution in [-0.4, -0.2) is 24.7 Å². The third-order valence-corrected chi connectivity index (χ3v) is 4.56. The van der Waals surface area contributed by atoms with E-state index < -0.39 is 5.60 Å². The second kappa shape index (κ2) is 6.06. The van der Waals surface area contributed by atoms with E-state index in [0.717, 1.165) is 37.1 Å². The van der Waals surface area contributed by atoms with E-state index in [9.17, 15) is 4.79 Å². The maximum atomic E-state index is 12.5. The SMILES string of the molecule is Cc1cc(N)c(C(=O)OC(C)(C)C2CCNCC2)cc1C. The highest BCUT2D eigenvalue weighted by Gasteiger charge is 2.34. The fourth-order valence-electron chi connectivity index (χ4n) is 2.91. The first-order valence-corrected chi connectivity index (χ1v) is 7.62. The van der Waals surface area contributed by atoms with E-state index >= 15 is 0 Å². The number of piperidine rings is 1. The topological polar surface area (TPSA) is 64.4 Å². The van der Waals surface area contributed by atoms with Crippen LogP contribution in [0, 0.1) is 19.8 Å². The lowest BCUT2D eigenvalue weighted by Crippen LogP contribution is -2.42. The number of aryl methyl sites for hydroxylation is 2. The van der Waals surface area contributed by atoms with Gasteiger partial charge in [0.15, 0.2) is 0 Å². The molecule has 1 aliphatic rings. The number of anilines is 1. The van der Waals surface area contributed by atoms with Gasteiger partial charge in [-0.15, -0.1) is 0 Å². The Hall–Kier alpha value is -1.55. The molecule has 0 saturated carbocycles. The summed E-state index contributed by atoms with van der Waals surface area (Å²) in [7, 11) is 0. The van der Waals surface area contributed by atoms with Crippen LogP contribution >= 0.6 is 0 Å². The molecule has 0 bridgehead atoms. The number of hydrogen-bond acceptors (Lipinski definition) is 4. The van der Waals surface area contributed by atoms with Crippen LogP contribution in [0.3, 0.4) is 0 Å². The molecule has 1 heterocycles. The summed E-state index contributed by atoms with van der Waals surface area (Å²) in [6.07, 6.45) is 2.06. The monoisotopic (exact) mass is 290 g/mol. The Balaban J connectivity index is 2.15. The number of nitrogen functional groups attached to an aromatic ring is 1. The summed E-state index contributed by atoms with van der Waals surface area (Å²) in [5.74, 6) is 0.0644. The Morgan fingerprint density at radius 2 is 1.81 bits per heavy atom. The number of rotatable bonds is 3. The number of nitrogens with one attached hydrogen (secondary N) is 1. The van der Waals surface area contributed by atoms with E-state index in [1.165, 1.54) is 0 Å². The van der Waals surface area contributed by atoms with Crippen LogP contribution in [0.15, 0.2) is 12.1 Å². The minimum absolute atomic E-state index is 0.320. The van der Waals surface area contributed by atoms with Crippen LogP contribution in [0.4, 0.5) is 5.69 Å². The van der Waals surface area contributed by atoms with Crippen LogP contribution in [0.1, 0.15) is 48.2 Å². The van der Waals surface area contributed by atoms with Crippen molar-refractivity contribution < 1.29 is 9.53 Å². The van der Waals surface area contributed by atoms with Crippen molar-refractivity contribution in [3.05, 3.63) is 28.8 Å². The molecule has 0 aliphatic carbocycles. The van der Waals surface area contributed by atoms with Crippen molar-refractivity contribution >= 4 is 11.7 Å². The van der Waals surface area contributed by atoms with Crippen LogP contribution in [0.25, 0.3) is 0 Å². The summed E-state index contributed by atoms with van der Waals surface area (Å²) in [6, 6.07) is 3.66. The predicted octanol–water partition coefficient (Wildman–Crippen LogP) is 2.82. The van der Waals surface area contributed by atoms with Crippen LogP contribution in [-0.2, 0) is 4.74 Å². The number of ether oxygens (including phenoxy) is 1. The van der Waals surface area contributed by atoms with Gasteiger partial charge in [0, 0.05) is 11.6 Å². The summed E-state index contributed by atoms with van der Waals surface area (Å²) in [4.78, 5) is 12.5. The Morgan fingerprint density at radius 1 is 1.24 bits per heavy atom. The highest BCUT2D eigenvalue weighted by atomic mass is 16.6. The second-order valence-electron chi connectivity index (χ2n) is 6.54. The van der Waals surface area contributed by atoms with Crippen LogP contribution in [0.5, 0.6) is 0 Å². The number of nitrogens with two attached hydrogens (primary N) is 1. The third-order valence-electron chi connectivity index (χ3n) is 4.56. The standard InChI is InChI=1S/C17H26N2O2/c1-11-9-14(15(18)10-12(11)2)16(20)21-17(3,4)13-5-7-19-8-6-13/h9-10,13,19H,5-8,18H2,1-4H3. The smallest absolute Gasteiger partial charge is 0.340 e. The predicted molar refractivity (Wildman–Crippen MR) is 85.4 cm³/mol. The van der Waals surface area contributed by atoms with Crippen molar-refractivity contribution in [1.82, 2.24) is 5.32 Å². The average molecular weight is 290 g/mol. The van der Waals surface area contributed by atoms with Gasteiger partial charge in [-0.3, -0.25) is 0 Å². The average Bonchev–Trinajstić information content (AvgIpc) is 2.43. The highest BCUT2D eigenvalue weighted by Crippen LogP contribution is 2.30. The molecule has 116 valence electrons. The van der Waals surface area contributed by atoms with E-state index in [0.29, 0.717) is 17.2 Å². The van der Waals surface area contributed by atoms with E-state index in [-0.39, 0.29) is 5.97 Å². The zero-order valence-corrected chi connectivity index (χ0v) is 13.5. The quantitative estimate of drug-likeness (QED) is 0.663. The Kier molecular flexibility index (Phi) is 4.57. The van der Waals surface area contributed by atoms with Crippen molar-refractivity contribution in [2.75, 3.05) is 18.8 Å². The van der Waals surface area contributed by atoms with Crippen LogP contribution < -0.4 is 11.1 Å². The summed E-state index contributed by atoms with van der Waals surface area (Å²) in [5.41, 5.74) is 8.61. The first-order chi connectivity index (χ1) is 9.81. The largest absolute Gasteiger partial charge is 0.456 e. The Morgan fingerprint density at radius 3 is 2.43 bits per heavy atom. The minimum atomic E-state index is -0.468. The molecule has 0 aromatic heterocycles. The van der Waals surface area contributed by atoms with E-state index in [2.05, 4.69) is 5.32 Å². The van der Waals surface area contributed by atoms with Gasteiger partial charge in [0.1, 0.15) is 5.60 Å². The molecule has 1 fully saturated rings. The van der Waals surface area contributed by atoms with Gasteiger partial charge in [-0.25, -0.2) is 4.79 Å². The van der Waals surface area contributed by atoms with Gasteiger partial charge < -0.3 is 15.8 Å². The van der Waals surface area contributed by atoms with Gasteiger partial charge in [-0.2, -0.15) is 0 Å². The molecule has 1 saturated heterocycles. The van der Waals surface area contributed by atoms with E-state index in [1.54, 1.807) is 0 Å². The summed E-state index contributed by atoms with van der Waals surface area (Å²) in [5, 5.41) is 3.33. The molecule has 0 amide bonds. The molecule has 0 radical (unpaired) electrons. The minimum Gasteiger partial charge on any atom is -0.456 e. The van der Waals surface area contributed by atoms with Crippen molar-refractivity contribution in [3.63, 3.8) is 0 Å². The molecular weight excluding hydrogens is 264 g/mol. The molecule has 2 rings (SSSR count). The molecule has 0 unspecified atom stereocenters. The summed E-state index contributed by atoms with van der Waals surface area (Å²) in [6.45, 7) is 9.92. The summed E-state index contributed by atoms with van der Waals surface area (Å²) >= 11 is 0. The Labute approximate surface area is 127 Å². The van der Waals surface area contributed by atoms with Crippen molar-refractivity contribution in [2.45, 2.75) is 46.1 Å². The molecule has 1 aromatic carbocycles. The zero-order valence-electron chi connectivity index (χ0n) is 13.5. The van der Waals surface area contributed by atoms with Crippen LogP contribution in [0.2, 0.25) is 0 Å². The van der Waals surface area contributed by atoms with Crippen molar-refractivity contribution in [2.24, 2.45) is 5.92 Å². The van der Waals surface area contributed by atoms with Gasteiger partial charge >= 0.3 is 5.97 Å². The fraction of sp³-hybridized carbons (Fsp3) is 0.588. The molecule has 4 heteroatoms. The van der Waals surface area contributed by atoms with Crippen molar-refractivity contribution in [3.8, 4) is 0 Å². The van der Waals surface area contributed by atoms with Gasteiger partial charge in [0.2, 0.25) is 0 Å². The number of carbonyl (C=O) groups is 1. The molecule has 0 spiro atoms. The number of hydrogen-bond donors (Lipinski definition) is 2. The molecule has 1 aliphatic heterocycles. The van der Waals surface area contributed by atoms with Gasteiger partial charge in [0.25, 0.3) is 0 Å². The van der Waals surface area contributed by atoms with Gasteiger partial charge in [-0.05, 0) is 76.9 Å². The molecule has 1 aromatic rings. The van der Waals surface area contributed by atoms with Crippen molar-refractivity contribution in [1.29, 1.82) is 0 Å². The lowest BCUT2D eigenvalue weighted by atomic mass is 9.83. The Bertz CT molecular complexity index is 532. The molecule has 0 atom stereocenters. The maximum absolute atomic E-state index is 12.5. The molecular formula is C17H26N2O2. The molecule has 4 nitrogen and oxygen atoms in total. The van der Waals surface area contributed by atoms with E-state index in [4.69, 9.17) is 10.5 Å². The fourth-order valence-corrected chi connectivity index (χ4v) is 2.91. The molecule has 3 N–H and O–H groups in total. The first kappa shape index (κ1) is 15.8. The van der Waals surface area contributed by atoms with Gasteiger partial charge in [0.05, 0.1) is 5.56 Å². The second-order valence-corrected chi connectivity index (χ2v) is 6.54. The third kappa shape index (κ3) is 3.56. The highest BCUT2D eigenvalue weighted by molar-refractivity contribution is 5.95. The number of benzene rings is 1. The van der Waals surface area contributed by atoms with E-state index in [1.807, 2.05) is 39.8 Å². The number of carbonyl (C=O) groups excluding carboxylic acids is 1. The summed E-state index contributed by atoms with van der Waals surface area (Å²) < 4.78 is 5.79. The first-order valence-electron chi connectivity index (χ1n) is 7.62.